The molecule has 0 saturated carbocycles. The van der Waals surface area contributed by atoms with Crippen LogP contribution in [0.3, 0.4) is 0 Å². The number of primary amides is 1. The Labute approximate surface area is 164 Å². The standard InChI is InChI=1S/C19H15ClN2O4S/c20-14-7-5-12(6-8-14)11-26-15-4-2-1-3-13(15)9-16-18(24)22(10-17(21)23)19(25)27-16/h1-9H,10-11H2,(H2,21,23)/b16-9-. The molecule has 0 bridgehead atoms. The first-order chi connectivity index (χ1) is 12.9. The minimum atomic E-state index is -0.745. The van der Waals surface area contributed by atoms with E-state index in [2.05, 4.69) is 0 Å². The Morgan fingerprint density at radius 1 is 1.15 bits per heavy atom. The van der Waals surface area contributed by atoms with Gasteiger partial charge in [0.15, 0.2) is 0 Å². The Hall–Kier alpha value is -2.77. The highest BCUT2D eigenvalue weighted by atomic mass is 35.5. The molecule has 3 amide bonds. The van der Waals surface area contributed by atoms with Crippen LogP contribution < -0.4 is 10.5 Å². The van der Waals surface area contributed by atoms with E-state index in [0.717, 1.165) is 22.2 Å². The Morgan fingerprint density at radius 3 is 2.56 bits per heavy atom. The van der Waals surface area contributed by atoms with E-state index in [1.54, 1.807) is 36.4 Å². The highest BCUT2D eigenvalue weighted by Gasteiger charge is 2.35. The van der Waals surface area contributed by atoms with Crippen molar-refractivity contribution >= 4 is 46.5 Å². The molecule has 1 fully saturated rings. The second-order valence-electron chi connectivity index (χ2n) is 5.69. The summed E-state index contributed by atoms with van der Waals surface area (Å²) < 4.78 is 5.85. The van der Waals surface area contributed by atoms with Gasteiger partial charge in [0.25, 0.3) is 11.1 Å². The van der Waals surface area contributed by atoms with E-state index < -0.39 is 23.6 Å². The van der Waals surface area contributed by atoms with Crippen LogP contribution in [0.2, 0.25) is 5.02 Å². The number of hydrogen-bond acceptors (Lipinski definition) is 5. The van der Waals surface area contributed by atoms with E-state index in [9.17, 15) is 14.4 Å². The van der Waals surface area contributed by atoms with Crippen LogP contribution >= 0.6 is 23.4 Å². The average molecular weight is 403 g/mol. The third-order valence-electron chi connectivity index (χ3n) is 3.70. The van der Waals surface area contributed by atoms with Crippen LogP contribution in [0.1, 0.15) is 11.1 Å². The van der Waals surface area contributed by atoms with Crippen molar-refractivity contribution in [1.82, 2.24) is 4.90 Å². The zero-order chi connectivity index (χ0) is 19.4. The minimum absolute atomic E-state index is 0.212. The summed E-state index contributed by atoms with van der Waals surface area (Å²) in [7, 11) is 0. The average Bonchev–Trinajstić information content (AvgIpc) is 2.89. The number of carbonyl (C=O) groups is 3. The number of carbonyl (C=O) groups excluding carboxylic acids is 3. The Balaban J connectivity index is 1.78. The molecule has 0 aliphatic carbocycles. The van der Waals surface area contributed by atoms with Gasteiger partial charge >= 0.3 is 0 Å². The molecular weight excluding hydrogens is 388 g/mol. The summed E-state index contributed by atoms with van der Waals surface area (Å²) in [4.78, 5) is 36.3. The molecule has 1 heterocycles. The summed E-state index contributed by atoms with van der Waals surface area (Å²) in [6, 6.07) is 14.4. The molecule has 2 N–H and O–H groups in total. The van der Waals surface area contributed by atoms with Gasteiger partial charge in [0, 0.05) is 10.6 Å². The smallest absolute Gasteiger partial charge is 0.294 e. The molecule has 27 heavy (non-hydrogen) atoms. The fraction of sp³-hybridized carbons (Fsp3) is 0.105. The number of para-hydroxylation sites is 1. The molecule has 138 valence electrons. The maximum atomic E-state index is 12.3. The van der Waals surface area contributed by atoms with Crippen molar-refractivity contribution in [2.75, 3.05) is 6.54 Å². The number of nitrogens with two attached hydrogens (primary N) is 1. The Morgan fingerprint density at radius 2 is 1.85 bits per heavy atom. The molecule has 1 aliphatic heterocycles. The van der Waals surface area contributed by atoms with Gasteiger partial charge in [-0.05, 0) is 41.6 Å². The lowest BCUT2D eigenvalue weighted by Gasteiger charge is -2.10. The summed E-state index contributed by atoms with van der Waals surface area (Å²) in [5.74, 6) is -0.726. The fourth-order valence-electron chi connectivity index (χ4n) is 2.41. The second-order valence-corrected chi connectivity index (χ2v) is 7.12. The quantitative estimate of drug-likeness (QED) is 0.747. The molecule has 0 radical (unpaired) electrons. The van der Waals surface area contributed by atoms with E-state index in [1.165, 1.54) is 0 Å². The first-order valence-electron chi connectivity index (χ1n) is 7.94. The topological polar surface area (TPSA) is 89.7 Å². The second kappa shape index (κ2) is 8.28. The molecule has 3 rings (SSSR count). The van der Waals surface area contributed by atoms with Crippen LogP contribution in [0.5, 0.6) is 5.75 Å². The number of amides is 3. The number of ether oxygens (including phenoxy) is 1. The van der Waals surface area contributed by atoms with Crippen LogP contribution in [0.25, 0.3) is 6.08 Å². The van der Waals surface area contributed by atoms with Crippen LogP contribution in [-0.4, -0.2) is 28.5 Å². The van der Waals surface area contributed by atoms with Crippen LogP contribution in [0.15, 0.2) is 53.4 Å². The van der Waals surface area contributed by atoms with Gasteiger partial charge in [-0.15, -0.1) is 0 Å². The Kier molecular flexibility index (Phi) is 5.83. The molecule has 6 nitrogen and oxygen atoms in total. The SMILES string of the molecule is NC(=O)CN1C(=O)S/C(=C\c2ccccc2OCc2ccc(Cl)cc2)C1=O. The zero-order valence-corrected chi connectivity index (χ0v) is 15.6. The van der Waals surface area contributed by atoms with Crippen molar-refractivity contribution in [3.8, 4) is 5.75 Å². The van der Waals surface area contributed by atoms with Crippen molar-refractivity contribution in [2.24, 2.45) is 5.73 Å². The highest BCUT2D eigenvalue weighted by Crippen LogP contribution is 2.33. The monoisotopic (exact) mass is 402 g/mol. The van der Waals surface area contributed by atoms with Crippen molar-refractivity contribution in [3.05, 3.63) is 69.6 Å². The molecule has 8 heteroatoms. The number of thioether (sulfide) groups is 1. The molecular formula is C19H15ClN2O4S. The van der Waals surface area contributed by atoms with Gasteiger partial charge in [0.2, 0.25) is 5.91 Å². The third-order valence-corrected chi connectivity index (χ3v) is 4.86. The first-order valence-corrected chi connectivity index (χ1v) is 9.13. The summed E-state index contributed by atoms with van der Waals surface area (Å²) in [6.07, 6.45) is 1.57. The van der Waals surface area contributed by atoms with Crippen molar-refractivity contribution in [3.63, 3.8) is 0 Å². The number of imide groups is 1. The molecule has 0 unspecified atom stereocenters. The molecule has 0 aromatic heterocycles. The lowest BCUT2D eigenvalue weighted by Crippen LogP contribution is -2.36. The third kappa shape index (κ3) is 4.69. The molecule has 1 saturated heterocycles. The number of nitrogens with zero attached hydrogens (tertiary/aromatic N) is 1. The molecule has 2 aromatic rings. The Bertz CT molecular complexity index is 928. The van der Waals surface area contributed by atoms with E-state index >= 15 is 0 Å². The number of benzene rings is 2. The van der Waals surface area contributed by atoms with Gasteiger partial charge in [0.05, 0.1) is 4.91 Å². The number of halogens is 1. The molecule has 1 aliphatic rings. The van der Waals surface area contributed by atoms with Gasteiger partial charge in [-0.3, -0.25) is 19.3 Å². The van der Waals surface area contributed by atoms with E-state index in [4.69, 9.17) is 22.1 Å². The normalized spacial score (nSPS) is 15.4. The van der Waals surface area contributed by atoms with Crippen molar-refractivity contribution in [1.29, 1.82) is 0 Å². The maximum absolute atomic E-state index is 12.3. The summed E-state index contributed by atoms with van der Waals surface area (Å²) >= 11 is 6.64. The zero-order valence-electron chi connectivity index (χ0n) is 14.1. The van der Waals surface area contributed by atoms with Gasteiger partial charge in [-0.2, -0.15) is 0 Å². The predicted octanol–water partition coefficient (Wildman–Crippen LogP) is 3.44. The number of rotatable bonds is 6. The van der Waals surface area contributed by atoms with Crippen molar-refractivity contribution in [2.45, 2.75) is 6.61 Å². The lowest BCUT2D eigenvalue weighted by atomic mass is 10.1. The van der Waals surface area contributed by atoms with Crippen molar-refractivity contribution < 1.29 is 19.1 Å². The molecule has 0 spiro atoms. The molecule has 0 atom stereocenters. The van der Waals surface area contributed by atoms with Crippen LogP contribution in [-0.2, 0) is 16.2 Å². The minimum Gasteiger partial charge on any atom is -0.488 e. The van der Waals surface area contributed by atoms with E-state index in [-0.39, 0.29) is 4.91 Å². The van der Waals surface area contributed by atoms with Gasteiger partial charge in [0.1, 0.15) is 18.9 Å². The van der Waals surface area contributed by atoms with Crippen LogP contribution in [0.4, 0.5) is 4.79 Å². The van der Waals surface area contributed by atoms with Crippen LogP contribution in [0, 0.1) is 0 Å². The maximum Gasteiger partial charge on any atom is 0.294 e. The van der Waals surface area contributed by atoms with Gasteiger partial charge in [-0.1, -0.05) is 41.9 Å². The summed E-state index contributed by atoms with van der Waals surface area (Å²) in [6.45, 7) is -0.109. The summed E-state index contributed by atoms with van der Waals surface area (Å²) in [5.41, 5.74) is 6.67. The summed E-state index contributed by atoms with van der Waals surface area (Å²) in [5, 5.41) is 0.121. The molecule has 2 aromatic carbocycles. The predicted molar refractivity (Wildman–Crippen MR) is 104 cm³/mol. The highest BCUT2D eigenvalue weighted by molar-refractivity contribution is 8.18. The number of hydrogen-bond donors (Lipinski definition) is 1. The fourth-order valence-corrected chi connectivity index (χ4v) is 3.36. The first kappa shape index (κ1) is 19.0. The van der Waals surface area contributed by atoms with E-state index in [0.29, 0.717) is 22.9 Å². The van der Waals surface area contributed by atoms with Gasteiger partial charge in [-0.25, -0.2) is 0 Å². The lowest BCUT2D eigenvalue weighted by molar-refractivity contribution is -0.127. The largest absolute Gasteiger partial charge is 0.488 e. The van der Waals surface area contributed by atoms with E-state index in [1.807, 2.05) is 18.2 Å². The van der Waals surface area contributed by atoms with Gasteiger partial charge < -0.3 is 10.5 Å².